The predicted octanol–water partition coefficient (Wildman–Crippen LogP) is 4.53. The summed E-state index contributed by atoms with van der Waals surface area (Å²) in [5.74, 6) is -0.343. The van der Waals surface area contributed by atoms with Gasteiger partial charge in [-0.2, -0.15) is 13.9 Å². The molecule has 0 amide bonds. The molecule has 1 aromatic rings. The Hall–Kier alpha value is -2.31. The van der Waals surface area contributed by atoms with Crippen molar-refractivity contribution in [2.75, 3.05) is 0 Å². The van der Waals surface area contributed by atoms with Gasteiger partial charge >= 0.3 is 6.61 Å². The number of ether oxygens (including phenoxy) is 1. The Morgan fingerprint density at radius 3 is 2.36 bits per heavy atom. The number of carbonyl (C=O) groups is 1. The second-order valence-corrected chi connectivity index (χ2v) is 5.81. The number of hydrogen-bond acceptors (Lipinski definition) is 5. The molecule has 0 unspecified atom stereocenters. The number of alkyl halides is 2. The molecule has 118 valence electrons. The molecule has 2 rings (SSSR count). The molecule has 0 aromatic heterocycles. The zero-order chi connectivity index (χ0) is 16.3. The number of allylic oxidation sites excluding steroid dienone is 2. The Kier molecular flexibility index (Phi) is 4.54. The van der Waals surface area contributed by atoms with Gasteiger partial charge in [0, 0.05) is 12.8 Å². The lowest BCUT2D eigenvalue weighted by Gasteiger charge is -2.27. The quantitative estimate of drug-likeness (QED) is 0.830. The van der Waals surface area contributed by atoms with Crippen molar-refractivity contribution in [3.63, 3.8) is 0 Å². The Labute approximate surface area is 126 Å². The SMILES string of the molecule is CC1(C)CC(=O)C(N=Nc2ccc(OC(F)F)cc2)=C(O)C1. The van der Waals surface area contributed by atoms with Gasteiger partial charge in [-0.3, -0.25) is 4.79 Å². The number of halogens is 2. The topological polar surface area (TPSA) is 71.2 Å². The van der Waals surface area contributed by atoms with E-state index in [4.69, 9.17) is 0 Å². The smallest absolute Gasteiger partial charge is 0.387 e. The van der Waals surface area contributed by atoms with Crippen molar-refractivity contribution in [3.05, 3.63) is 35.7 Å². The fourth-order valence-corrected chi connectivity index (χ4v) is 2.19. The molecule has 22 heavy (non-hydrogen) atoms. The summed E-state index contributed by atoms with van der Waals surface area (Å²) in [6.07, 6.45) is 0.640. The largest absolute Gasteiger partial charge is 0.510 e. The highest BCUT2D eigenvalue weighted by Gasteiger charge is 2.33. The van der Waals surface area contributed by atoms with Gasteiger partial charge in [-0.1, -0.05) is 13.8 Å². The lowest BCUT2D eigenvalue weighted by atomic mass is 9.78. The summed E-state index contributed by atoms with van der Waals surface area (Å²) in [6.45, 7) is 0.880. The number of aliphatic hydroxyl groups is 1. The van der Waals surface area contributed by atoms with Crippen LogP contribution in [-0.2, 0) is 4.79 Å². The third-order valence-corrected chi connectivity index (χ3v) is 3.15. The zero-order valence-electron chi connectivity index (χ0n) is 12.2. The molecule has 0 heterocycles. The van der Waals surface area contributed by atoms with Gasteiger partial charge in [0.15, 0.2) is 11.5 Å². The first kappa shape index (κ1) is 16.1. The molecule has 7 heteroatoms. The third kappa shape index (κ3) is 4.09. The van der Waals surface area contributed by atoms with Crippen LogP contribution in [0, 0.1) is 5.41 Å². The first-order valence-electron chi connectivity index (χ1n) is 6.69. The number of hydrogen-bond donors (Lipinski definition) is 1. The standard InChI is InChI=1S/C15H16F2N2O3/c1-15(2)7-11(20)13(12(21)8-15)19-18-9-3-5-10(6-4-9)22-14(16)17/h3-6,14,20H,7-8H2,1-2H3. The van der Waals surface area contributed by atoms with E-state index in [0.29, 0.717) is 12.1 Å². The van der Waals surface area contributed by atoms with Crippen molar-refractivity contribution in [2.24, 2.45) is 15.6 Å². The minimum absolute atomic E-state index is 0.00602. The molecule has 0 atom stereocenters. The van der Waals surface area contributed by atoms with E-state index < -0.39 is 6.61 Å². The third-order valence-electron chi connectivity index (χ3n) is 3.15. The number of Topliss-reactive ketones (excluding diaryl/α,β-unsaturated/α-hetero) is 1. The van der Waals surface area contributed by atoms with Crippen molar-refractivity contribution in [2.45, 2.75) is 33.3 Å². The van der Waals surface area contributed by atoms with Gasteiger partial charge in [0.1, 0.15) is 11.5 Å². The Morgan fingerprint density at radius 1 is 1.18 bits per heavy atom. The molecule has 0 aliphatic heterocycles. The van der Waals surface area contributed by atoms with Crippen molar-refractivity contribution in [1.29, 1.82) is 0 Å². The molecular weight excluding hydrogens is 294 g/mol. The van der Waals surface area contributed by atoms with Crippen LogP contribution >= 0.6 is 0 Å². The van der Waals surface area contributed by atoms with E-state index in [1.54, 1.807) is 0 Å². The lowest BCUT2D eigenvalue weighted by molar-refractivity contribution is -0.118. The predicted molar refractivity (Wildman–Crippen MR) is 75.3 cm³/mol. The van der Waals surface area contributed by atoms with Crippen LogP contribution in [-0.4, -0.2) is 17.5 Å². The first-order chi connectivity index (χ1) is 10.3. The van der Waals surface area contributed by atoms with Crippen molar-refractivity contribution in [3.8, 4) is 5.75 Å². The van der Waals surface area contributed by atoms with Gasteiger partial charge in [0.2, 0.25) is 0 Å². The monoisotopic (exact) mass is 310 g/mol. The molecule has 0 saturated carbocycles. The van der Waals surface area contributed by atoms with Crippen molar-refractivity contribution < 1.29 is 23.4 Å². The highest BCUT2D eigenvalue weighted by molar-refractivity contribution is 5.96. The van der Waals surface area contributed by atoms with Crippen LogP contribution in [0.4, 0.5) is 14.5 Å². The van der Waals surface area contributed by atoms with Crippen LogP contribution in [0.25, 0.3) is 0 Å². The van der Waals surface area contributed by atoms with Gasteiger partial charge in [-0.25, -0.2) is 0 Å². The average molecular weight is 310 g/mol. The van der Waals surface area contributed by atoms with E-state index in [9.17, 15) is 18.7 Å². The average Bonchev–Trinajstić information content (AvgIpc) is 2.37. The van der Waals surface area contributed by atoms with Gasteiger partial charge in [0.25, 0.3) is 0 Å². The maximum Gasteiger partial charge on any atom is 0.387 e. The molecule has 1 aromatic carbocycles. The number of ketones is 1. The number of rotatable bonds is 4. The molecule has 5 nitrogen and oxygen atoms in total. The van der Waals surface area contributed by atoms with Crippen LogP contribution in [0.5, 0.6) is 5.75 Å². The zero-order valence-corrected chi connectivity index (χ0v) is 12.2. The minimum Gasteiger partial charge on any atom is -0.510 e. The van der Waals surface area contributed by atoms with Gasteiger partial charge < -0.3 is 9.84 Å². The normalized spacial score (nSPS) is 18.3. The molecule has 0 bridgehead atoms. The number of azo groups is 1. The molecule has 1 aliphatic rings. The molecule has 0 fully saturated rings. The Bertz CT molecular complexity index is 622. The molecule has 1 aliphatic carbocycles. The first-order valence-corrected chi connectivity index (χ1v) is 6.69. The van der Waals surface area contributed by atoms with Crippen LogP contribution < -0.4 is 4.74 Å². The summed E-state index contributed by atoms with van der Waals surface area (Å²) in [7, 11) is 0. The summed E-state index contributed by atoms with van der Waals surface area (Å²) in [4.78, 5) is 11.9. The molecule has 0 saturated heterocycles. The summed E-state index contributed by atoms with van der Waals surface area (Å²) in [5, 5.41) is 17.5. The van der Waals surface area contributed by atoms with Gasteiger partial charge in [0.05, 0.1) is 5.69 Å². The van der Waals surface area contributed by atoms with Crippen LogP contribution in [0.1, 0.15) is 26.7 Å². The van der Waals surface area contributed by atoms with Gasteiger partial charge in [-0.05, 0) is 29.7 Å². The van der Waals surface area contributed by atoms with E-state index in [1.807, 2.05) is 13.8 Å². The molecule has 0 radical (unpaired) electrons. The van der Waals surface area contributed by atoms with E-state index in [2.05, 4.69) is 15.0 Å². The summed E-state index contributed by atoms with van der Waals surface area (Å²) in [6, 6.07) is 5.49. The molecule has 1 N–H and O–H groups in total. The summed E-state index contributed by atoms with van der Waals surface area (Å²) < 4.78 is 28.3. The number of aliphatic hydroxyl groups excluding tert-OH is 1. The van der Waals surface area contributed by atoms with Crippen LogP contribution in [0.15, 0.2) is 46.0 Å². The Balaban J connectivity index is 2.13. The molecule has 0 spiro atoms. The highest BCUT2D eigenvalue weighted by atomic mass is 19.3. The molecular formula is C15H16F2N2O3. The van der Waals surface area contributed by atoms with Crippen molar-refractivity contribution >= 4 is 11.5 Å². The number of nitrogens with zero attached hydrogens (tertiary/aromatic N) is 2. The fraction of sp³-hybridized carbons (Fsp3) is 0.400. The van der Waals surface area contributed by atoms with E-state index >= 15 is 0 Å². The maximum atomic E-state index is 12.0. The van der Waals surface area contributed by atoms with E-state index in [1.165, 1.54) is 24.3 Å². The second-order valence-electron chi connectivity index (χ2n) is 5.81. The van der Waals surface area contributed by atoms with Gasteiger partial charge in [-0.15, -0.1) is 5.11 Å². The maximum absolute atomic E-state index is 12.0. The lowest BCUT2D eigenvalue weighted by Crippen LogP contribution is -2.25. The summed E-state index contributed by atoms with van der Waals surface area (Å²) >= 11 is 0. The highest BCUT2D eigenvalue weighted by Crippen LogP contribution is 2.36. The van der Waals surface area contributed by atoms with E-state index in [-0.39, 0.29) is 34.8 Å². The minimum atomic E-state index is -2.89. The van der Waals surface area contributed by atoms with Crippen molar-refractivity contribution in [1.82, 2.24) is 0 Å². The van der Waals surface area contributed by atoms with Crippen LogP contribution in [0.2, 0.25) is 0 Å². The Morgan fingerprint density at radius 2 is 1.82 bits per heavy atom. The summed E-state index contributed by atoms with van der Waals surface area (Å²) in [5.41, 5.74) is 0.0147. The van der Waals surface area contributed by atoms with Crippen LogP contribution in [0.3, 0.4) is 0 Å². The number of benzene rings is 1. The second kappa shape index (κ2) is 6.21. The van der Waals surface area contributed by atoms with E-state index in [0.717, 1.165) is 0 Å². The fourth-order valence-electron chi connectivity index (χ4n) is 2.19. The number of carbonyl (C=O) groups excluding carboxylic acids is 1.